The summed E-state index contributed by atoms with van der Waals surface area (Å²) in [7, 11) is -2.65. The van der Waals surface area contributed by atoms with Gasteiger partial charge < -0.3 is 4.74 Å². The number of esters is 1. The van der Waals surface area contributed by atoms with Crippen LogP contribution in [0.25, 0.3) is 0 Å². The molecule has 2 saturated carbocycles. The summed E-state index contributed by atoms with van der Waals surface area (Å²) in [5, 5.41) is 2.71. The Morgan fingerprint density at radius 2 is 2.03 bits per heavy atom. The summed E-state index contributed by atoms with van der Waals surface area (Å²) < 4.78 is 36.0. The lowest BCUT2D eigenvalue weighted by atomic mass is 9.70. The average Bonchev–Trinajstić information content (AvgIpc) is 3.42. The van der Waals surface area contributed by atoms with E-state index in [0.717, 1.165) is 31.5 Å². The monoisotopic (exact) mass is 553 g/mol. The molecular formula is C26H32ClNO6S2. The molecule has 0 unspecified atom stereocenters. The van der Waals surface area contributed by atoms with Crippen molar-refractivity contribution in [3.63, 3.8) is 0 Å². The fourth-order valence-corrected chi connectivity index (χ4v) is 8.62. The molecule has 3 aliphatic rings. The van der Waals surface area contributed by atoms with Crippen molar-refractivity contribution in [2.75, 3.05) is 19.4 Å². The summed E-state index contributed by atoms with van der Waals surface area (Å²) in [5.74, 6) is -0.364. The number of carbonyl (C=O) groups is 2. The molecule has 1 aromatic heterocycles. The Bertz CT molecular complexity index is 1260. The highest BCUT2D eigenvalue weighted by molar-refractivity contribution is 7.85. The van der Waals surface area contributed by atoms with Gasteiger partial charge in [-0.05, 0) is 59.2 Å². The van der Waals surface area contributed by atoms with Crippen LogP contribution in [0.2, 0.25) is 5.02 Å². The van der Waals surface area contributed by atoms with Gasteiger partial charge in [0, 0.05) is 29.4 Å². The Morgan fingerprint density at radius 1 is 1.31 bits per heavy atom. The standard InChI is InChI=1S/C16H16ClNO2S.C10H16O4S/c1-20-16(19)15(12-4-2-3-5-13(12)17)18-8-6-14-11(10-18)7-9-21-14;1-9(2)7-3-4-10(9,8(11)5-7)6-15(12,13)14/h2-5,7,9,15H,6,8,10H2,1H3;7H,3-6H2,1-2H3,(H,12,13,14)/t15-;7-,10-/m10/s1. The van der Waals surface area contributed by atoms with Crippen molar-refractivity contribution < 1.29 is 27.3 Å². The van der Waals surface area contributed by atoms with E-state index in [1.807, 2.05) is 38.1 Å². The predicted octanol–water partition coefficient (Wildman–Crippen LogP) is 4.94. The van der Waals surface area contributed by atoms with E-state index in [9.17, 15) is 18.0 Å². The highest BCUT2D eigenvalue weighted by Gasteiger charge is 2.65. The van der Waals surface area contributed by atoms with Gasteiger partial charge in [-0.25, -0.2) is 4.79 Å². The molecule has 196 valence electrons. The number of ether oxygens (including phenoxy) is 1. The fraction of sp³-hybridized carbons (Fsp3) is 0.538. The predicted molar refractivity (Wildman–Crippen MR) is 140 cm³/mol. The molecule has 2 aromatic rings. The molecular weight excluding hydrogens is 522 g/mol. The van der Waals surface area contributed by atoms with Crippen molar-refractivity contribution in [3.8, 4) is 0 Å². The van der Waals surface area contributed by atoms with Gasteiger partial charge in [0.25, 0.3) is 10.1 Å². The van der Waals surface area contributed by atoms with Gasteiger partial charge in [-0.15, -0.1) is 11.3 Å². The SMILES string of the molecule is CC1(C)[C@H]2CC[C@]1(CS(=O)(=O)O)C(=O)C2.COC(=O)[C@@H](c1ccccc1Cl)N1CCc2sccc2C1. The minimum Gasteiger partial charge on any atom is -0.468 e. The summed E-state index contributed by atoms with van der Waals surface area (Å²) in [6.07, 6.45) is 2.94. The molecule has 2 aliphatic carbocycles. The van der Waals surface area contributed by atoms with Crippen LogP contribution in [0.4, 0.5) is 0 Å². The number of halogens is 1. The van der Waals surface area contributed by atoms with Crippen LogP contribution >= 0.6 is 22.9 Å². The highest BCUT2D eigenvalue weighted by atomic mass is 35.5. The van der Waals surface area contributed by atoms with E-state index in [1.54, 1.807) is 11.3 Å². The van der Waals surface area contributed by atoms with Crippen LogP contribution < -0.4 is 0 Å². The summed E-state index contributed by atoms with van der Waals surface area (Å²) in [5.41, 5.74) is 0.988. The molecule has 1 aliphatic heterocycles. The number of nitrogens with zero attached hydrogens (tertiary/aromatic N) is 1. The zero-order valence-electron chi connectivity index (χ0n) is 20.7. The number of fused-ring (bicyclic) bond motifs is 3. The quantitative estimate of drug-likeness (QED) is 0.413. The number of benzene rings is 1. The zero-order valence-corrected chi connectivity index (χ0v) is 23.1. The first-order valence-electron chi connectivity index (χ1n) is 12.0. The minimum absolute atomic E-state index is 0.0152. The summed E-state index contributed by atoms with van der Waals surface area (Å²) in [4.78, 5) is 27.7. The van der Waals surface area contributed by atoms with Crippen LogP contribution in [-0.2, 0) is 37.4 Å². The number of thiophene rings is 1. The van der Waals surface area contributed by atoms with Crippen molar-refractivity contribution in [1.29, 1.82) is 0 Å². The van der Waals surface area contributed by atoms with Crippen molar-refractivity contribution in [2.45, 2.75) is 52.1 Å². The number of rotatable bonds is 5. The van der Waals surface area contributed by atoms with Gasteiger partial charge in [-0.1, -0.05) is 43.6 Å². The molecule has 2 heterocycles. The number of ketones is 1. The number of hydrogen-bond acceptors (Lipinski definition) is 7. The van der Waals surface area contributed by atoms with Crippen LogP contribution in [0.1, 0.15) is 55.2 Å². The molecule has 0 spiro atoms. The largest absolute Gasteiger partial charge is 0.468 e. The summed E-state index contributed by atoms with van der Waals surface area (Å²) in [6, 6.07) is 9.16. The van der Waals surface area contributed by atoms with Crippen molar-refractivity contribution in [2.24, 2.45) is 16.7 Å². The first-order valence-corrected chi connectivity index (χ1v) is 14.9. The van der Waals surface area contributed by atoms with Gasteiger partial charge in [0.2, 0.25) is 0 Å². The normalized spacial score (nSPS) is 25.6. The van der Waals surface area contributed by atoms with Crippen molar-refractivity contribution in [1.82, 2.24) is 4.90 Å². The van der Waals surface area contributed by atoms with Gasteiger partial charge in [-0.2, -0.15) is 8.42 Å². The van der Waals surface area contributed by atoms with E-state index < -0.39 is 27.3 Å². The lowest BCUT2D eigenvalue weighted by Gasteiger charge is -2.35. The maximum absolute atomic E-state index is 12.3. The Labute approximate surface area is 221 Å². The smallest absolute Gasteiger partial charge is 0.327 e. The third-order valence-corrected chi connectivity index (χ3v) is 10.6. The summed E-state index contributed by atoms with van der Waals surface area (Å²) >= 11 is 8.07. The number of hydrogen-bond donors (Lipinski definition) is 1. The van der Waals surface area contributed by atoms with Gasteiger partial charge in [-0.3, -0.25) is 14.2 Å². The highest BCUT2D eigenvalue weighted by Crippen LogP contribution is 2.64. The third-order valence-electron chi connectivity index (χ3n) is 8.39. The lowest BCUT2D eigenvalue weighted by molar-refractivity contribution is -0.147. The molecule has 0 amide bonds. The van der Waals surface area contributed by atoms with Crippen LogP contribution in [-0.4, -0.2) is 49.0 Å². The molecule has 7 nitrogen and oxygen atoms in total. The molecule has 0 radical (unpaired) electrons. The van der Waals surface area contributed by atoms with Crippen molar-refractivity contribution in [3.05, 3.63) is 56.7 Å². The second-order valence-corrected chi connectivity index (χ2v) is 13.3. The first kappa shape index (κ1) is 27.3. The third kappa shape index (κ3) is 5.00. The maximum atomic E-state index is 12.3. The molecule has 3 atom stereocenters. The molecule has 36 heavy (non-hydrogen) atoms. The van der Waals surface area contributed by atoms with Gasteiger partial charge in [0.15, 0.2) is 0 Å². The molecule has 10 heteroatoms. The lowest BCUT2D eigenvalue weighted by Crippen LogP contribution is -2.42. The van der Waals surface area contributed by atoms with Gasteiger partial charge in [0.05, 0.1) is 18.3 Å². The average molecular weight is 554 g/mol. The summed E-state index contributed by atoms with van der Waals surface area (Å²) in [6.45, 7) is 5.48. The molecule has 1 N–H and O–H groups in total. The van der Waals surface area contributed by atoms with Gasteiger partial charge in [0.1, 0.15) is 11.8 Å². The topological polar surface area (TPSA) is 101 Å². The van der Waals surface area contributed by atoms with E-state index in [0.29, 0.717) is 17.9 Å². The Hall–Kier alpha value is -1.78. The number of methoxy groups -OCH3 is 1. The first-order chi connectivity index (χ1) is 16.9. The Morgan fingerprint density at radius 3 is 2.61 bits per heavy atom. The molecule has 2 fully saturated rings. The van der Waals surface area contributed by atoms with Gasteiger partial charge >= 0.3 is 5.97 Å². The minimum atomic E-state index is -4.08. The van der Waals surface area contributed by atoms with E-state index in [4.69, 9.17) is 20.9 Å². The van der Waals surface area contributed by atoms with E-state index in [-0.39, 0.29) is 23.1 Å². The fourth-order valence-electron chi connectivity index (χ4n) is 6.19. The molecule has 2 bridgehead atoms. The zero-order chi connectivity index (χ0) is 26.3. The molecule has 1 aromatic carbocycles. The van der Waals surface area contributed by atoms with Crippen LogP contribution in [0.5, 0.6) is 0 Å². The molecule has 5 rings (SSSR count). The van der Waals surface area contributed by atoms with Crippen LogP contribution in [0, 0.1) is 16.7 Å². The molecule has 0 saturated heterocycles. The van der Waals surface area contributed by atoms with Crippen LogP contribution in [0.3, 0.4) is 0 Å². The van der Waals surface area contributed by atoms with E-state index in [1.165, 1.54) is 17.6 Å². The maximum Gasteiger partial charge on any atom is 0.327 e. The second-order valence-electron chi connectivity index (χ2n) is 10.4. The van der Waals surface area contributed by atoms with E-state index in [2.05, 4.69) is 16.3 Å². The second kappa shape index (κ2) is 10.2. The van der Waals surface area contributed by atoms with Crippen LogP contribution in [0.15, 0.2) is 35.7 Å². The number of Topliss-reactive ketones (excluding diaryl/α,β-unsaturated/α-hetero) is 1. The Balaban J connectivity index is 0.000000179. The van der Waals surface area contributed by atoms with Crippen molar-refractivity contribution >= 4 is 44.8 Å². The van der Waals surface area contributed by atoms with E-state index >= 15 is 0 Å². The Kier molecular flexibility index (Phi) is 7.70. The number of carbonyl (C=O) groups excluding carboxylic acids is 2.